The fourth-order valence-electron chi connectivity index (χ4n) is 7.10. The summed E-state index contributed by atoms with van der Waals surface area (Å²) in [5.41, 5.74) is 5.74. The van der Waals surface area contributed by atoms with Crippen molar-refractivity contribution in [3.05, 3.63) is 59.7 Å². The molecule has 0 radical (unpaired) electrons. The average Bonchev–Trinajstić information content (AvgIpc) is 3.45. The number of esters is 1. The van der Waals surface area contributed by atoms with Crippen molar-refractivity contribution in [1.82, 2.24) is 14.9 Å². The highest BCUT2D eigenvalue weighted by atomic mass is 32.2. The Morgan fingerprint density at radius 1 is 1.04 bits per heavy atom. The number of ether oxygens (including phenoxy) is 3. The number of nitrogens with two attached hydrogens (primary N) is 1. The number of rotatable bonds is 10. The van der Waals surface area contributed by atoms with Crippen molar-refractivity contribution in [1.29, 1.82) is 0 Å². The number of halogens is 3. The van der Waals surface area contributed by atoms with E-state index >= 15 is 13.2 Å². The van der Waals surface area contributed by atoms with Crippen molar-refractivity contribution in [2.75, 3.05) is 43.1 Å². The second-order valence-corrected chi connectivity index (χ2v) is 17.0. The van der Waals surface area contributed by atoms with Crippen LogP contribution in [0.2, 0.25) is 0 Å². The molecule has 2 saturated heterocycles. The molecule has 2 aromatic carbocycles. The summed E-state index contributed by atoms with van der Waals surface area (Å²) in [4.78, 5) is 37.7. The number of aromatic nitrogens is 2. The number of nitrogens with zero attached hydrogens (tertiary/aromatic N) is 4. The zero-order valence-electron chi connectivity index (χ0n) is 31.4. The third-order valence-electron chi connectivity index (χ3n) is 9.60. The van der Waals surface area contributed by atoms with E-state index in [0.29, 0.717) is 50.8 Å². The van der Waals surface area contributed by atoms with Crippen molar-refractivity contribution in [2.45, 2.75) is 95.5 Å². The van der Waals surface area contributed by atoms with Crippen LogP contribution < -0.4 is 15.4 Å². The van der Waals surface area contributed by atoms with Gasteiger partial charge < -0.3 is 24.8 Å². The molecule has 0 unspecified atom stereocenters. The van der Waals surface area contributed by atoms with Gasteiger partial charge in [0.15, 0.2) is 9.84 Å². The minimum absolute atomic E-state index is 0.0313. The predicted molar refractivity (Wildman–Crippen MR) is 197 cm³/mol. The highest BCUT2D eigenvalue weighted by molar-refractivity contribution is 7.90. The molecule has 0 bridgehead atoms. The van der Waals surface area contributed by atoms with Gasteiger partial charge in [-0.15, -0.1) is 0 Å². The molecule has 0 saturated carbocycles. The summed E-state index contributed by atoms with van der Waals surface area (Å²) in [7, 11) is -3.64. The number of benzene rings is 2. The highest BCUT2D eigenvalue weighted by Gasteiger charge is 2.51. The molecule has 12 nitrogen and oxygen atoms in total. The number of likely N-dealkylation sites (tertiary alicyclic amines) is 1. The van der Waals surface area contributed by atoms with Crippen molar-refractivity contribution >= 4 is 33.7 Å². The number of aryl methyl sites for hydroxylation is 1. The lowest BCUT2D eigenvalue weighted by Crippen LogP contribution is -2.45. The lowest BCUT2D eigenvalue weighted by molar-refractivity contribution is -0.198. The second kappa shape index (κ2) is 15.6. The maximum Gasteiger partial charge on any atom is 0.429 e. The van der Waals surface area contributed by atoms with E-state index in [4.69, 9.17) is 19.9 Å². The number of carbonyl (C=O) groups is 2. The van der Waals surface area contributed by atoms with Crippen LogP contribution >= 0.6 is 0 Å². The zero-order valence-corrected chi connectivity index (χ0v) is 32.2. The zero-order chi connectivity index (χ0) is 39.6. The standard InChI is InChI=1S/C38H48F3N5O7S/c1-7-10-24-13-14-27(25-11-9-12-26(20-25)54(6,49)50)28(19-24)32(38(39,40)41)52-31-21-30(43-34(42)44-31)45-17-15-37(16-18-45)22-29(33(47)51-8-2)46(23-37)35(48)53-36(3,4)5/h9,11-14,19-21,29,32H,7-8,10,15-18,22-23H2,1-6H3,(H2,42,43,44)/t29-,32+/m0/s1. The molecular formula is C38H48F3N5O7S. The fraction of sp³-hybridized carbons (Fsp3) is 0.526. The molecule has 1 aromatic heterocycles. The Morgan fingerprint density at radius 3 is 2.35 bits per heavy atom. The van der Waals surface area contributed by atoms with E-state index in [9.17, 15) is 18.0 Å². The largest absolute Gasteiger partial charge is 0.464 e. The molecule has 2 atom stereocenters. The van der Waals surface area contributed by atoms with Crippen LogP contribution in [0.4, 0.5) is 29.7 Å². The first kappa shape index (κ1) is 40.6. The Hall–Kier alpha value is -4.60. The summed E-state index contributed by atoms with van der Waals surface area (Å²) in [5.74, 6) is -0.920. The van der Waals surface area contributed by atoms with Crippen LogP contribution in [0.1, 0.15) is 77.5 Å². The van der Waals surface area contributed by atoms with Crippen LogP contribution in [0.3, 0.4) is 0 Å². The highest BCUT2D eigenvalue weighted by Crippen LogP contribution is 2.46. The van der Waals surface area contributed by atoms with E-state index in [1.54, 1.807) is 45.9 Å². The molecule has 1 spiro atoms. The lowest BCUT2D eigenvalue weighted by atomic mass is 9.76. The van der Waals surface area contributed by atoms with Crippen LogP contribution in [0.5, 0.6) is 5.88 Å². The van der Waals surface area contributed by atoms with E-state index in [-0.39, 0.29) is 46.5 Å². The molecule has 54 heavy (non-hydrogen) atoms. The minimum atomic E-state index is -4.91. The first-order valence-electron chi connectivity index (χ1n) is 17.9. The minimum Gasteiger partial charge on any atom is -0.464 e. The maximum atomic E-state index is 15.0. The number of sulfone groups is 1. The van der Waals surface area contributed by atoms with Crippen LogP contribution in [0, 0.1) is 5.41 Å². The number of hydrogen-bond acceptors (Lipinski definition) is 11. The van der Waals surface area contributed by atoms with Crippen LogP contribution in [-0.4, -0.2) is 85.7 Å². The van der Waals surface area contributed by atoms with Gasteiger partial charge >= 0.3 is 18.2 Å². The van der Waals surface area contributed by atoms with Gasteiger partial charge in [0, 0.05) is 37.5 Å². The third kappa shape index (κ3) is 9.54. The number of hydrogen-bond donors (Lipinski definition) is 1. The SMILES string of the molecule is CCCc1ccc(-c2cccc(S(C)(=O)=O)c2)c([C@@H](Oc2cc(N3CCC4(CC3)C[C@@H](C(=O)OCC)N(C(=O)OC(C)(C)C)C4)nc(N)n2)C(F)(F)F)c1. The molecule has 3 heterocycles. The molecule has 2 aliphatic rings. The van der Waals surface area contributed by atoms with Gasteiger partial charge in [0.25, 0.3) is 0 Å². The van der Waals surface area contributed by atoms with Gasteiger partial charge in [-0.1, -0.05) is 43.7 Å². The molecule has 16 heteroatoms. The number of amides is 1. The van der Waals surface area contributed by atoms with Gasteiger partial charge in [-0.3, -0.25) is 4.90 Å². The van der Waals surface area contributed by atoms with Gasteiger partial charge in [-0.05, 0) is 87.6 Å². The molecule has 294 valence electrons. The summed E-state index contributed by atoms with van der Waals surface area (Å²) < 4.78 is 86.4. The van der Waals surface area contributed by atoms with Gasteiger partial charge in [0.2, 0.25) is 17.9 Å². The smallest absolute Gasteiger partial charge is 0.429 e. The summed E-state index contributed by atoms with van der Waals surface area (Å²) in [6.07, 6.45) is -4.33. The second-order valence-electron chi connectivity index (χ2n) is 15.0. The van der Waals surface area contributed by atoms with Crippen molar-refractivity contribution in [2.24, 2.45) is 5.41 Å². The number of nitrogen functional groups attached to an aromatic ring is 1. The summed E-state index contributed by atoms with van der Waals surface area (Å²) >= 11 is 0. The van der Waals surface area contributed by atoms with Crippen LogP contribution in [-0.2, 0) is 30.5 Å². The van der Waals surface area contributed by atoms with Crippen molar-refractivity contribution in [3.8, 4) is 17.0 Å². The summed E-state index contributed by atoms with van der Waals surface area (Å²) in [6.45, 7) is 10.1. The van der Waals surface area contributed by atoms with Crippen LogP contribution in [0.25, 0.3) is 11.1 Å². The van der Waals surface area contributed by atoms with E-state index in [1.165, 1.54) is 35.2 Å². The van der Waals surface area contributed by atoms with E-state index < -0.39 is 57.1 Å². The molecular weight excluding hydrogens is 728 g/mol. The molecule has 2 aliphatic heterocycles. The number of carbonyl (C=O) groups excluding carboxylic acids is 2. The fourth-order valence-corrected chi connectivity index (χ4v) is 7.77. The first-order chi connectivity index (χ1) is 25.2. The van der Waals surface area contributed by atoms with Gasteiger partial charge in [0.1, 0.15) is 17.5 Å². The Balaban J connectivity index is 1.42. The van der Waals surface area contributed by atoms with Crippen LogP contribution in [0.15, 0.2) is 53.4 Å². The average molecular weight is 776 g/mol. The van der Waals surface area contributed by atoms with Crippen molar-refractivity contribution < 1.29 is 45.4 Å². The molecule has 0 aliphatic carbocycles. The Bertz CT molecular complexity index is 1960. The maximum absolute atomic E-state index is 15.0. The van der Waals surface area contributed by atoms with Gasteiger partial charge in [-0.25, -0.2) is 18.0 Å². The molecule has 2 N–H and O–H groups in total. The van der Waals surface area contributed by atoms with Gasteiger partial charge in [0.05, 0.1) is 11.5 Å². The number of anilines is 2. The third-order valence-corrected chi connectivity index (χ3v) is 10.7. The van der Waals surface area contributed by atoms with E-state index in [1.807, 2.05) is 11.8 Å². The number of piperidine rings is 1. The molecule has 5 rings (SSSR count). The van der Waals surface area contributed by atoms with E-state index in [2.05, 4.69) is 9.97 Å². The first-order valence-corrected chi connectivity index (χ1v) is 19.8. The summed E-state index contributed by atoms with van der Waals surface area (Å²) in [6, 6.07) is 11.0. The van der Waals surface area contributed by atoms with E-state index in [0.717, 1.165) is 6.26 Å². The quantitative estimate of drug-likeness (QED) is 0.214. The normalized spacial score (nSPS) is 18.1. The van der Waals surface area contributed by atoms with Gasteiger partial charge in [-0.2, -0.15) is 23.1 Å². The predicted octanol–water partition coefficient (Wildman–Crippen LogP) is 6.92. The molecule has 1 amide bonds. The summed E-state index contributed by atoms with van der Waals surface area (Å²) in [5, 5.41) is 0. The lowest BCUT2D eigenvalue weighted by Gasteiger charge is -2.39. The topological polar surface area (TPSA) is 154 Å². The van der Waals surface area contributed by atoms with Crippen molar-refractivity contribution in [3.63, 3.8) is 0 Å². The Labute approximate surface area is 314 Å². The number of alkyl halides is 3. The monoisotopic (exact) mass is 775 g/mol. The molecule has 3 aromatic rings. The Morgan fingerprint density at radius 2 is 1.74 bits per heavy atom. The molecule has 2 fully saturated rings. The Kier molecular flexibility index (Phi) is 11.7.